The number of aromatic nitrogens is 1. The maximum absolute atomic E-state index is 12.7. The van der Waals surface area contributed by atoms with Crippen LogP contribution in [0.2, 0.25) is 0 Å². The van der Waals surface area contributed by atoms with E-state index in [4.69, 9.17) is 4.52 Å². The zero-order valence-corrected chi connectivity index (χ0v) is 14.5. The molecule has 2 amide bonds. The van der Waals surface area contributed by atoms with Crippen molar-refractivity contribution >= 4 is 23.2 Å². The fraction of sp³-hybridized carbons (Fsp3) is 0.389. The topological polar surface area (TPSA) is 84.2 Å². The zero-order chi connectivity index (χ0) is 17.6. The molecule has 6 heteroatoms. The van der Waals surface area contributed by atoms with Gasteiger partial charge in [0.05, 0.1) is 11.1 Å². The number of hydrogen-bond acceptors (Lipinski definition) is 4. The first kappa shape index (κ1) is 16.2. The minimum absolute atomic E-state index is 0.0436. The number of carbonyl (C=O) groups excluding carboxylic acids is 2. The molecule has 0 spiro atoms. The normalized spacial score (nSPS) is 15.3. The molecule has 2 aromatic rings. The van der Waals surface area contributed by atoms with Gasteiger partial charge in [0.1, 0.15) is 5.56 Å². The fourth-order valence-corrected chi connectivity index (χ4v) is 2.90. The number of fused-ring (bicyclic) bond motifs is 1. The number of aryl methyl sites for hydroxylation is 1. The third kappa shape index (κ3) is 2.48. The first-order valence-electron chi connectivity index (χ1n) is 7.95. The lowest BCUT2D eigenvalue weighted by atomic mass is 9.86. The number of benzene rings is 1. The Morgan fingerprint density at radius 3 is 2.71 bits per heavy atom. The van der Waals surface area contributed by atoms with Gasteiger partial charge in [0.2, 0.25) is 5.91 Å². The summed E-state index contributed by atoms with van der Waals surface area (Å²) in [6.45, 7) is 9.37. The molecule has 2 N–H and O–H groups in total. The molecule has 1 aromatic carbocycles. The maximum Gasteiger partial charge on any atom is 0.261 e. The van der Waals surface area contributed by atoms with Crippen LogP contribution in [0, 0.1) is 6.92 Å². The number of carbonyl (C=O) groups is 2. The van der Waals surface area contributed by atoms with E-state index >= 15 is 0 Å². The van der Waals surface area contributed by atoms with Crippen LogP contribution in [0.5, 0.6) is 0 Å². The van der Waals surface area contributed by atoms with Crippen molar-refractivity contribution in [3.8, 4) is 0 Å². The minimum atomic E-state index is -0.619. The molecule has 0 unspecified atom stereocenters. The van der Waals surface area contributed by atoms with Crippen molar-refractivity contribution in [1.29, 1.82) is 0 Å². The van der Waals surface area contributed by atoms with Crippen molar-refractivity contribution in [1.82, 2.24) is 5.16 Å². The summed E-state index contributed by atoms with van der Waals surface area (Å²) in [5.41, 5.74) is 2.71. The molecule has 0 saturated heterocycles. The number of nitrogens with one attached hydrogen (secondary N) is 2. The summed E-state index contributed by atoms with van der Waals surface area (Å²) < 4.78 is 5.27. The van der Waals surface area contributed by atoms with Gasteiger partial charge in [-0.05, 0) is 44.5 Å². The van der Waals surface area contributed by atoms with Gasteiger partial charge in [-0.25, -0.2) is 0 Å². The van der Waals surface area contributed by atoms with Gasteiger partial charge in [-0.3, -0.25) is 9.59 Å². The van der Waals surface area contributed by atoms with E-state index in [1.807, 2.05) is 33.8 Å². The average molecular weight is 327 g/mol. The Labute approximate surface area is 140 Å². The van der Waals surface area contributed by atoms with Gasteiger partial charge in [-0.2, -0.15) is 0 Å². The number of hydrogen-bond donors (Lipinski definition) is 2. The fourth-order valence-electron chi connectivity index (χ4n) is 2.90. The molecule has 6 nitrogen and oxygen atoms in total. The van der Waals surface area contributed by atoms with Crippen LogP contribution in [-0.2, 0) is 10.2 Å². The van der Waals surface area contributed by atoms with Gasteiger partial charge in [0.15, 0.2) is 5.76 Å². The Bertz CT molecular complexity index is 834. The first-order chi connectivity index (χ1) is 11.2. The van der Waals surface area contributed by atoms with E-state index in [9.17, 15) is 9.59 Å². The zero-order valence-electron chi connectivity index (χ0n) is 14.5. The van der Waals surface area contributed by atoms with Crippen molar-refractivity contribution in [3.05, 3.63) is 40.8 Å². The van der Waals surface area contributed by atoms with Gasteiger partial charge in [0.25, 0.3) is 5.91 Å². The lowest BCUT2D eigenvalue weighted by molar-refractivity contribution is -0.119. The second-order valence-corrected chi connectivity index (χ2v) is 6.96. The van der Waals surface area contributed by atoms with Gasteiger partial charge in [-0.15, -0.1) is 0 Å². The van der Waals surface area contributed by atoms with Gasteiger partial charge in [-0.1, -0.05) is 19.0 Å². The number of rotatable bonds is 3. The monoisotopic (exact) mass is 327 g/mol. The smallest absolute Gasteiger partial charge is 0.261 e. The molecule has 0 saturated carbocycles. The molecule has 1 aromatic heterocycles. The molecule has 3 rings (SSSR count). The minimum Gasteiger partial charge on any atom is -0.360 e. The Hall–Kier alpha value is -2.63. The molecule has 0 bridgehead atoms. The highest BCUT2D eigenvalue weighted by atomic mass is 16.5. The van der Waals surface area contributed by atoms with E-state index in [0.29, 0.717) is 22.7 Å². The summed E-state index contributed by atoms with van der Waals surface area (Å²) in [5.74, 6) is 0.335. The standard InChI is InChI=1S/C18H21N3O3/c1-9(2)15-14(10(3)21-24-15)16(22)19-11-6-7-13-12(8-11)18(4,5)17(23)20-13/h6-9H,1-5H3,(H,19,22)(H,20,23). The van der Waals surface area contributed by atoms with E-state index in [2.05, 4.69) is 15.8 Å². The van der Waals surface area contributed by atoms with Crippen molar-refractivity contribution in [3.63, 3.8) is 0 Å². The van der Waals surface area contributed by atoms with Crippen LogP contribution in [0.3, 0.4) is 0 Å². The summed E-state index contributed by atoms with van der Waals surface area (Å²) >= 11 is 0. The highest BCUT2D eigenvalue weighted by Gasteiger charge is 2.38. The molecule has 0 atom stereocenters. The van der Waals surface area contributed by atoms with Crippen LogP contribution in [0.4, 0.5) is 11.4 Å². The number of amides is 2. The second kappa shape index (κ2) is 5.47. The third-order valence-electron chi connectivity index (χ3n) is 4.41. The van der Waals surface area contributed by atoms with Crippen molar-refractivity contribution in [2.24, 2.45) is 0 Å². The lowest BCUT2D eigenvalue weighted by Gasteiger charge is -2.16. The van der Waals surface area contributed by atoms with E-state index in [-0.39, 0.29) is 17.7 Å². The summed E-state index contributed by atoms with van der Waals surface area (Å²) in [7, 11) is 0. The molecule has 126 valence electrons. The van der Waals surface area contributed by atoms with Gasteiger partial charge in [0, 0.05) is 17.3 Å². The highest BCUT2D eigenvalue weighted by molar-refractivity contribution is 6.08. The van der Waals surface area contributed by atoms with Crippen LogP contribution in [0.1, 0.15) is 61.0 Å². The predicted octanol–water partition coefficient (Wildman–Crippen LogP) is 3.59. The van der Waals surface area contributed by atoms with Crippen LogP contribution >= 0.6 is 0 Å². The Morgan fingerprint density at radius 1 is 1.33 bits per heavy atom. The van der Waals surface area contributed by atoms with Crippen LogP contribution < -0.4 is 10.6 Å². The Balaban J connectivity index is 1.91. The predicted molar refractivity (Wildman–Crippen MR) is 91.4 cm³/mol. The Morgan fingerprint density at radius 2 is 2.04 bits per heavy atom. The maximum atomic E-state index is 12.7. The molecule has 0 fully saturated rings. The average Bonchev–Trinajstić information content (AvgIpc) is 2.99. The largest absolute Gasteiger partial charge is 0.360 e. The van der Waals surface area contributed by atoms with Crippen LogP contribution in [0.15, 0.2) is 22.7 Å². The number of nitrogens with zero attached hydrogens (tertiary/aromatic N) is 1. The van der Waals surface area contributed by atoms with Crippen molar-refractivity contribution in [2.45, 2.75) is 46.0 Å². The second-order valence-electron chi connectivity index (χ2n) is 6.96. The summed E-state index contributed by atoms with van der Waals surface area (Å²) in [6, 6.07) is 5.42. The van der Waals surface area contributed by atoms with E-state index in [1.54, 1.807) is 19.1 Å². The molecule has 1 aliphatic rings. The summed E-state index contributed by atoms with van der Waals surface area (Å²) in [6.07, 6.45) is 0. The van der Waals surface area contributed by atoms with Crippen LogP contribution in [0.25, 0.3) is 0 Å². The van der Waals surface area contributed by atoms with Crippen LogP contribution in [-0.4, -0.2) is 17.0 Å². The quantitative estimate of drug-likeness (QED) is 0.902. The molecular weight excluding hydrogens is 306 g/mol. The molecule has 0 radical (unpaired) electrons. The number of anilines is 2. The molecule has 24 heavy (non-hydrogen) atoms. The third-order valence-corrected chi connectivity index (χ3v) is 4.41. The van der Waals surface area contributed by atoms with Gasteiger partial charge >= 0.3 is 0 Å². The first-order valence-corrected chi connectivity index (χ1v) is 7.95. The van der Waals surface area contributed by atoms with E-state index in [0.717, 1.165) is 11.3 Å². The van der Waals surface area contributed by atoms with Crippen molar-refractivity contribution in [2.75, 3.05) is 10.6 Å². The lowest BCUT2D eigenvalue weighted by Crippen LogP contribution is -2.27. The van der Waals surface area contributed by atoms with E-state index < -0.39 is 5.41 Å². The molecule has 1 aliphatic heterocycles. The SMILES string of the molecule is Cc1noc(C(C)C)c1C(=O)Nc1ccc2c(c1)C(C)(C)C(=O)N2. The van der Waals surface area contributed by atoms with E-state index in [1.165, 1.54) is 0 Å². The summed E-state index contributed by atoms with van der Waals surface area (Å²) in [4.78, 5) is 24.7. The van der Waals surface area contributed by atoms with Crippen molar-refractivity contribution < 1.29 is 14.1 Å². The summed E-state index contributed by atoms with van der Waals surface area (Å²) in [5, 5.41) is 9.64. The molecular formula is C18H21N3O3. The molecule has 0 aliphatic carbocycles. The Kier molecular flexibility index (Phi) is 3.70. The molecule has 2 heterocycles. The highest BCUT2D eigenvalue weighted by Crippen LogP contribution is 2.38. The van der Waals surface area contributed by atoms with Gasteiger partial charge < -0.3 is 15.2 Å².